The fourth-order valence-electron chi connectivity index (χ4n) is 14.0. The minimum absolute atomic E-state index is 0. The second kappa shape index (κ2) is 41.2. The molecule has 0 bridgehead atoms. The zero-order valence-electron chi connectivity index (χ0n) is 65.3. The predicted molar refractivity (Wildman–Crippen MR) is 446 cm³/mol. The van der Waals surface area contributed by atoms with Gasteiger partial charge in [0.05, 0.1) is 87.6 Å². The number of nitro groups is 2. The van der Waals surface area contributed by atoms with E-state index in [2.05, 4.69) is 47.3 Å². The molecular weight excluding hydrogens is 1700 g/mol. The van der Waals surface area contributed by atoms with E-state index in [4.69, 9.17) is 44.7 Å². The summed E-state index contributed by atoms with van der Waals surface area (Å²) in [6.07, 6.45) is 12.0. The Balaban J connectivity index is 0.000000282. The van der Waals surface area contributed by atoms with Gasteiger partial charge in [-0.1, -0.05) is 81.6 Å². The topological polar surface area (TPSA) is 443 Å². The first-order valence-corrected chi connectivity index (χ1v) is 38.9. The third-order valence-electron chi connectivity index (χ3n) is 22.3. The number of nitrogens with zero attached hydrogens (tertiary/aromatic N) is 2. The van der Waals surface area contributed by atoms with Gasteiger partial charge in [-0.05, 0) is 224 Å². The van der Waals surface area contributed by atoms with Crippen molar-refractivity contribution < 1.29 is 127 Å². The van der Waals surface area contributed by atoms with Crippen LogP contribution in [-0.2, 0) is 93.9 Å². The number of hydrogen-bond donors (Lipinski definition) is 6. The molecule has 7 fully saturated rings. The van der Waals surface area contributed by atoms with E-state index in [1.807, 2.05) is 48.5 Å². The number of aliphatic carboxylic acids is 2. The number of carboxylic acids is 2. The normalized spacial score (nSPS) is 16.8. The second-order valence-corrected chi connectivity index (χ2v) is 35.4. The largest absolute Gasteiger partial charge is 1.00 e. The predicted octanol–water partition coefficient (Wildman–Crippen LogP) is 12.8. The molecular formula is C85H98BBr3LiN3O24. The van der Waals surface area contributed by atoms with Crippen LogP contribution in [0.15, 0.2) is 140 Å². The smallest absolute Gasteiger partial charge is 0.870 e. The summed E-state index contributed by atoms with van der Waals surface area (Å²) in [5, 5.41) is 65.3. The van der Waals surface area contributed by atoms with Crippen molar-refractivity contribution in [1.29, 1.82) is 0 Å². The summed E-state index contributed by atoms with van der Waals surface area (Å²) in [5.41, 5.74) is 10.3. The molecule has 0 saturated heterocycles. The quantitative estimate of drug-likeness (QED) is 0.00833. The van der Waals surface area contributed by atoms with Crippen molar-refractivity contribution in [2.24, 2.45) is 0 Å². The van der Waals surface area contributed by atoms with Crippen molar-refractivity contribution >= 4 is 120 Å². The number of aliphatic hydroxyl groups excluding tert-OH is 1. The number of nitrogens with two attached hydrogens (primary N) is 1. The van der Waals surface area contributed by atoms with Crippen LogP contribution in [0.1, 0.15) is 189 Å². The van der Waals surface area contributed by atoms with Gasteiger partial charge in [0.15, 0.2) is 11.5 Å². The summed E-state index contributed by atoms with van der Waals surface area (Å²) in [5.74, 6) is 1.53. The van der Waals surface area contributed by atoms with Crippen molar-refractivity contribution in [2.45, 2.75) is 190 Å². The summed E-state index contributed by atoms with van der Waals surface area (Å²) in [6, 6.07) is 39.9. The molecule has 7 saturated carbocycles. The number of phenolic OH excluding ortho intramolecular Hbond substituents is 2. The van der Waals surface area contributed by atoms with E-state index >= 15 is 0 Å². The molecule has 9 aliphatic rings. The third-order valence-corrected chi connectivity index (χ3v) is 22.3. The number of fused-ring (bicyclic) bond motifs is 2. The van der Waals surface area contributed by atoms with Crippen LogP contribution in [0.4, 0.5) is 17.1 Å². The Labute approximate surface area is 716 Å². The molecule has 7 aromatic carbocycles. The van der Waals surface area contributed by atoms with E-state index in [-0.39, 0.29) is 135 Å². The van der Waals surface area contributed by atoms with Crippen LogP contribution in [0.3, 0.4) is 0 Å². The van der Waals surface area contributed by atoms with Crippen molar-refractivity contribution in [3.63, 3.8) is 0 Å². The molecule has 0 spiro atoms. The fourth-order valence-corrected chi connectivity index (χ4v) is 14.0. The molecule has 16 rings (SSSR count). The molecule has 622 valence electrons. The number of halogens is 3. The number of methoxy groups -OCH3 is 3. The van der Waals surface area contributed by atoms with E-state index < -0.39 is 43.4 Å². The van der Waals surface area contributed by atoms with Gasteiger partial charge in [-0.15, -0.1) is 47.3 Å². The zero-order valence-corrected chi connectivity index (χ0v) is 70.1. The number of benzene rings is 7. The number of carbonyl (C=O) groups excluding carboxylic acids is 7. The molecule has 0 atom stereocenters. The van der Waals surface area contributed by atoms with Crippen LogP contribution in [0, 0.1) is 20.2 Å². The molecule has 117 heavy (non-hydrogen) atoms. The van der Waals surface area contributed by atoms with Crippen LogP contribution >= 0.6 is 47.3 Å². The van der Waals surface area contributed by atoms with Crippen LogP contribution in [0.2, 0.25) is 0 Å². The number of carboxylic acid groups (broad SMARTS) is 2. The first-order valence-electron chi connectivity index (χ1n) is 36.2. The molecule has 32 heteroatoms. The Bertz CT molecular complexity index is 4650. The van der Waals surface area contributed by atoms with Crippen LogP contribution in [0.25, 0.3) is 0 Å². The van der Waals surface area contributed by atoms with E-state index in [1.54, 1.807) is 108 Å². The maximum atomic E-state index is 11.6. The van der Waals surface area contributed by atoms with Crippen LogP contribution < -0.4 is 48.3 Å². The molecule has 7 aromatic rings. The number of aromatic hydroxyl groups is 2. The molecule has 0 unspecified atom stereocenters. The maximum absolute atomic E-state index is 11.6. The molecule has 2 aliphatic heterocycles. The number of esters is 2. The third kappa shape index (κ3) is 23.0. The first-order chi connectivity index (χ1) is 53.4. The van der Waals surface area contributed by atoms with Gasteiger partial charge >= 0.3 is 57.3 Å². The Morgan fingerprint density at radius 2 is 0.675 bits per heavy atom. The Kier molecular flexibility index (Phi) is 35.1. The van der Waals surface area contributed by atoms with Gasteiger partial charge in [0.1, 0.15) is 57.7 Å². The minimum Gasteiger partial charge on any atom is -0.870 e. The SMILES string of the molecule is BrB(Br)Br.C.C.CC(=O)C1(c2ccc(O)c(N)c2)CC1.CC(=O)C1(c2ccc(O)c([N+](=O)[O-])c2)CC1.CC(=O)C1(c2ccc3c(c2)CC(=O)O3)CC1.CO.COc1ccc(C2(C(=O)O)CC2)cc1.COc1ccc(C2(C(C)=O)CC2)cc1.COc1ccc(C2(C(C)=O)CC2)cc1[N+](=O)[O-].O=C1Cc2cc(C3(C(=O)O)CC3)ccc2O1.[Li+].[OH-]. The van der Waals surface area contributed by atoms with E-state index in [9.17, 15) is 73.6 Å². The molecule has 2 heterocycles. The average molecular weight is 1800 g/mol. The standard InChI is InChI=1S/C13H12O3.C12H13NO4.C12H10O4.C12H14O2.C11H11NO4.C11H13NO2.C11H12O3.CH4O.2CH4.BBr3.Li.H2O/c1-8(14)13(4-5-13)10-2-3-11-9(6-10)7-12(15)16-11;1-8(14)12(5-6-12)9-3-4-11(17-2)10(7-9)13(15)16;13-10-6-7-5-8(1-2-9(7)16-10)12(3-4-12)11(14)15;1-9(13)12(7-8-12)10-3-5-11(14-2)6-4-10;1-7(13)11(4-5-11)8-2-3-10(14)9(6-8)12(15)16;1-7(13)11(4-5-11)8-2-3-10(14)9(12)6-8;1-14-9-4-2-8(3-5-9)11(6-7-11)10(12)13;1-2;;;2-1(3)4;;/h2-3,6H,4-5,7H2,1H3;3-4,7H,5-6H2,1-2H3;1-2,5H,3-4,6H2,(H,14,15);3-6H,7-8H2,1-2H3;2-3,6,14H,4-5H2,1H3;2-3,6,14H,4-5,12H2,1H3;2-5H,6-7H2,1H3,(H,12,13);2H,1H3;2*1H4;;;1H2/q;;;;;;;;;;;+1;/p-1. The number of anilines is 1. The number of nitrogen functional groups attached to an aromatic ring is 1. The number of Topliss-reactive ketones (excluding diaryl/α,β-unsaturated/α-hetero) is 5. The van der Waals surface area contributed by atoms with E-state index in [1.165, 1.54) is 39.2 Å². The van der Waals surface area contributed by atoms with E-state index in [0.717, 1.165) is 140 Å². The Morgan fingerprint density at radius 1 is 0.419 bits per heavy atom. The first kappa shape index (κ1) is 99.8. The van der Waals surface area contributed by atoms with E-state index in [0.29, 0.717) is 42.0 Å². The summed E-state index contributed by atoms with van der Waals surface area (Å²) in [4.78, 5) is 122. The molecule has 7 aliphatic carbocycles. The van der Waals surface area contributed by atoms with Crippen LogP contribution in [0.5, 0.6) is 40.2 Å². The number of rotatable bonds is 19. The maximum Gasteiger partial charge on any atom is 1.00 e. The van der Waals surface area contributed by atoms with Crippen molar-refractivity contribution in [3.05, 3.63) is 210 Å². The fraction of sp³-hybridized carbons (Fsp3) is 0.400. The number of ether oxygens (including phenoxy) is 5. The van der Waals surface area contributed by atoms with Gasteiger partial charge in [0.2, 0.25) is 0 Å². The molecule has 27 nitrogen and oxygen atoms in total. The number of nitro benzene ring substituents is 2. The van der Waals surface area contributed by atoms with Gasteiger partial charge in [-0.3, -0.25) is 63.4 Å². The van der Waals surface area contributed by atoms with Crippen molar-refractivity contribution in [2.75, 3.05) is 34.2 Å². The molecule has 0 aromatic heterocycles. The van der Waals surface area contributed by atoms with Gasteiger partial charge in [0, 0.05) is 30.4 Å². The molecule has 8 N–H and O–H groups in total. The Hall–Kier alpha value is -9.61. The number of carbonyl (C=O) groups is 9. The minimum atomic E-state index is -0.780. The van der Waals surface area contributed by atoms with Crippen LogP contribution in [-0.4, -0.2) is 125 Å². The number of aliphatic hydroxyl groups is 1. The summed E-state index contributed by atoms with van der Waals surface area (Å²) in [6.45, 7) is 7.95. The molecule has 0 amide bonds. The number of ketones is 5. The van der Waals surface area contributed by atoms with Gasteiger partial charge in [-0.2, -0.15) is 0 Å². The van der Waals surface area contributed by atoms with Gasteiger partial charge in [0.25, 0.3) is 0 Å². The number of phenols is 2. The van der Waals surface area contributed by atoms with Crippen molar-refractivity contribution in [3.8, 4) is 40.2 Å². The second-order valence-electron chi connectivity index (χ2n) is 29.0. The summed E-state index contributed by atoms with van der Waals surface area (Å²) < 4.78 is 25.3. The molecule has 0 radical (unpaired) electrons. The number of hydrogen-bond acceptors (Lipinski definition) is 23. The van der Waals surface area contributed by atoms with Gasteiger partial charge < -0.3 is 60.4 Å². The average Bonchev–Trinajstić information content (AvgIpc) is 1.62. The zero-order chi connectivity index (χ0) is 83.5. The van der Waals surface area contributed by atoms with Crippen molar-refractivity contribution in [1.82, 2.24) is 0 Å². The summed E-state index contributed by atoms with van der Waals surface area (Å²) in [7, 11) is 5.63. The summed E-state index contributed by atoms with van der Waals surface area (Å²) >= 11 is 9.31. The monoisotopic (exact) mass is 1800 g/mol. The van der Waals surface area contributed by atoms with Gasteiger partial charge in [-0.25, -0.2) is 0 Å². The Morgan fingerprint density at radius 3 is 0.966 bits per heavy atom.